The fourth-order valence-electron chi connectivity index (χ4n) is 2.02. The van der Waals surface area contributed by atoms with E-state index in [-0.39, 0.29) is 23.5 Å². The van der Waals surface area contributed by atoms with Gasteiger partial charge in [-0.3, -0.25) is 4.79 Å². The number of halogens is 1. The third kappa shape index (κ3) is 3.61. The van der Waals surface area contributed by atoms with Gasteiger partial charge in [0, 0.05) is 16.8 Å². The smallest absolute Gasteiger partial charge is 0.253 e. The SMILES string of the molecule is Nc1ccc(Cl)cc1C(=O)NC1CCS(=O)(=O)CC1. The Hall–Kier alpha value is -1.27. The van der Waals surface area contributed by atoms with Crippen molar-refractivity contribution in [2.45, 2.75) is 18.9 Å². The van der Waals surface area contributed by atoms with Crippen LogP contribution >= 0.6 is 11.6 Å². The Labute approximate surface area is 117 Å². The second-order valence-corrected chi connectivity index (χ2v) is 7.37. The van der Waals surface area contributed by atoms with E-state index in [1.807, 2.05) is 0 Å². The van der Waals surface area contributed by atoms with Crippen LogP contribution in [0, 0.1) is 0 Å². The molecule has 1 saturated heterocycles. The van der Waals surface area contributed by atoms with E-state index in [1.165, 1.54) is 6.07 Å². The largest absolute Gasteiger partial charge is 0.398 e. The molecule has 0 aromatic heterocycles. The van der Waals surface area contributed by atoms with Crippen molar-refractivity contribution in [3.05, 3.63) is 28.8 Å². The summed E-state index contributed by atoms with van der Waals surface area (Å²) < 4.78 is 22.6. The number of carbonyl (C=O) groups is 1. The van der Waals surface area contributed by atoms with Crippen LogP contribution in [0.5, 0.6) is 0 Å². The van der Waals surface area contributed by atoms with Gasteiger partial charge in [-0.25, -0.2) is 8.42 Å². The Kier molecular flexibility index (Phi) is 4.01. The van der Waals surface area contributed by atoms with Crippen LogP contribution in [-0.2, 0) is 9.84 Å². The van der Waals surface area contributed by atoms with Crippen molar-refractivity contribution < 1.29 is 13.2 Å². The standard InChI is InChI=1S/C12H15ClN2O3S/c13-8-1-2-11(14)10(7-8)12(16)15-9-3-5-19(17,18)6-4-9/h1-2,7,9H,3-6,14H2,(H,15,16). The van der Waals surface area contributed by atoms with Gasteiger partial charge in [-0.1, -0.05) is 11.6 Å². The predicted molar refractivity (Wildman–Crippen MR) is 75.0 cm³/mol. The zero-order valence-electron chi connectivity index (χ0n) is 10.2. The highest BCUT2D eigenvalue weighted by Gasteiger charge is 2.25. The molecular formula is C12H15ClN2O3S. The van der Waals surface area contributed by atoms with E-state index < -0.39 is 9.84 Å². The number of benzene rings is 1. The van der Waals surface area contributed by atoms with E-state index in [0.29, 0.717) is 29.1 Å². The Bertz CT molecular complexity index is 587. The first-order chi connectivity index (χ1) is 8.87. The number of sulfone groups is 1. The summed E-state index contributed by atoms with van der Waals surface area (Å²) in [6.07, 6.45) is 0.878. The van der Waals surface area contributed by atoms with Crippen molar-refractivity contribution >= 4 is 33.0 Å². The molecule has 5 nitrogen and oxygen atoms in total. The summed E-state index contributed by atoms with van der Waals surface area (Å²) in [7, 11) is -2.93. The summed E-state index contributed by atoms with van der Waals surface area (Å²) in [5.74, 6) is -0.0873. The molecular weight excluding hydrogens is 288 g/mol. The minimum Gasteiger partial charge on any atom is -0.398 e. The Balaban J connectivity index is 2.04. The van der Waals surface area contributed by atoms with Crippen molar-refractivity contribution in [1.29, 1.82) is 0 Å². The maximum absolute atomic E-state index is 12.0. The Morgan fingerprint density at radius 3 is 2.58 bits per heavy atom. The molecule has 7 heteroatoms. The van der Waals surface area contributed by atoms with E-state index in [4.69, 9.17) is 17.3 Å². The van der Waals surface area contributed by atoms with Crippen molar-refractivity contribution in [2.24, 2.45) is 0 Å². The van der Waals surface area contributed by atoms with Crippen LogP contribution in [0.2, 0.25) is 5.02 Å². The second kappa shape index (κ2) is 5.38. The zero-order valence-corrected chi connectivity index (χ0v) is 11.8. The van der Waals surface area contributed by atoms with Gasteiger partial charge in [0.15, 0.2) is 0 Å². The summed E-state index contributed by atoms with van der Waals surface area (Å²) >= 11 is 5.83. The van der Waals surface area contributed by atoms with E-state index in [9.17, 15) is 13.2 Å². The summed E-state index contributed by atoms with van der Waals surface area (Å²) in [5.41, 5.74) is 6.40. The van der Waals surface area contributed by atoms with Crippen LogP contribution < -0.4 is 11.1 Å². The molecule has 1 aliphatic rings. The van der Waals surface area contributed by atoms with Gasteiger partial charge in [-0.2, -0.15) is 0 Å². The van der Waals surface area contributed by atoms with Crippen molar-refractivity contribution in [3.8, 4) is 0 Å². The summed E-state index contributed by atoms with van der Waals surface area (Å²) in [6, 6.07) is 4.56. The number of carbonyl (C=O) groups excluding carboxylic acids is 1. The van der Waals surface area contributed by atoms with Crippen LogP contribution in [0.1, 0.15) is 23.2 Å². The average Bonchev–Trinajstić information content (AvgIpc) is 2.35. The number of hydrogen-bond acceptors (Lipinski definition) is 4. The number of nitrogens with two attached hydrogens (primary N) is 1. The van der Waals surface area contributed by atoms with Crippen LogP contribution in [0.4, 0.5) is 5.69 Å². The maximum Gasteiger partial charge on any atom is 0.253 e. The first-order valence-corrected chi connectivity index (χ1v) is 8.14. The molecule has 0 bridgehead atoms. The highest BCUT2D eigenvalue weighted by Crippen LogP contribution is 2.19. The molecule has 3 N–H and O–H groups in total. The summed E-state index contributed by atoms with van der Waals surface area (Å²) in [4.78, 5) is 12.0. The third-order valence-electron chi connectivity index (χ3n) is 3.15. The van der Waals surface area contributed by atoms with Gasteiger partial charge in [0.05, 0.1) is 17.1 Å². The molecule has 0 aliphatic carbocycles. The van der Waals surface area contributed by atoms with E-state index >= 15 is 0 Å². The highest BCUT2D eigenvalue weighted by molar-refractivity contribution is 7.91. The van der Waals surface area contributed by atoms with Gasteiger partial charge in [-0.05, 0) is 31.0 Å². The van der Waals surface area contributed by atoms with Gasteiger partial charge in [0.2, 0.25) is 0 Å². The third-order valence-corrected chi connectivity index (χ3v) is 5.10. The number of anilines is 1. The van der Waals surface area contributed by atoms with Crippen LogP contribution in [0.25, 0.3) is 0 Å². The van der Waals surface area contributed by atoms with E-state index in [1.54, 1.807) is 12.1 Å². The minimum atomic E-state index is -2.93. The number of rotatable bonds is 2. The second-order valence-electron chi connectivity index (χ2n) is 4.63. The van der Waals surface area contributed by atoms with Gasteiger partial charge >= 0.3 is 0 Å². The van der Waals surface area contributed by atoms with Gasteiger partial charge in [-0.15, -0.1) is 0 Å². The van der Waals surface area contributed by atoms with Crippen LogP contribution in [0.15, 0.2) is 18.2 Å². The molecule has 1 aromatic rings. The van der Waals surface area contributed by atoms with E-state index in [0.717, 1.165) is 0 Å². The molecule has 0 spiro atoms. The minimum absolute atomic E-state index is 0.114. The van der Waals surface area contributed by atoms with Gasteiger partial charge in [0.1, 0.15) is 9.84 Å². The number of hydrogen-bond donors (Lipinski definition) is 2. The molecule has 2 rings (SSSR count). The molecule has 1 fully saturated rings. The van der Waals surface area contributed by atoms with Gasteiger partial charge < -0.3 is 11.1 Å². The molecule has 1 aromatic carbocycles. The molecule has 0 saturated carbocycles. The molecule has 0 atom stereocenters. The normalized spacial score (nSPS) is 19.0. The molecule has 0 unspecified atom stereocenters. The lowest BCUT2D eigenvalue weighted by molar-refractivity contribution is 0.0935. The summed E-state index contributed by atoms with van der Waals surface area (Å²) in [6.45, 7) is 0. The number of nitrogens with one attached hydrogen (secondary N) is 1. The first kappa shape index (κ1) is 14.1. The molecule has 19 heavy (non-hydrogen) atoms. The van der Waals surface area contributed by atoms with Crippen molar-refractivity contribution in [1.82, 2.24) is 5.32 Å². The number of nitrogen functional groups attached to an aromatic ring is 1. The molecule has 1 aliphatic heterocycles. The molecule has 1 amide bonds. The average molecular weight is 303 g/mol. The fourth-order valence-corrected chi connectivity index (χ4v) is 3.69. The highest BCUT2D eigenvalue weighted by atomic mass is 35.5. The topological polar surface area (TPSA) is 89.3 Å². The molecule has 1 heterocycles. The summed E-state index contributed by atoms with van der Waals surface area (Å²) in [5, 5.41) is 3.23. The van der Waals surface area contributed by atoms with Gasteiger partial charge in [0.25, 0.3) is 5.91 Å². The lowest BCUT2D eigenvalue weighted by Crippen LogP contribution is -2.41. The molecule has 104 valence electrons. The predicted octanol–water partition coefficient (Wildman–Crippen LogP) is 1.23. The fraction of sp³-hybridized carbons (Fsp3) is 0.417. The van der Waals surface area contributed by atoms with Crippen molar-refractivity contribution in [2.75, 3.05) is 17.2 Å². The monoisotopic (exact) mass is 302 g/mol. The van der Waals surface area contributed by atoms with Crippen LogP contribution in [-0.4, -0.2) is 31.9 Å². The lowest BCUT2D eigenvalue weighted by Gasteiger charge is -2.23. The zero-order chi connectivity index (χ0) is 14.0. The Morgan fingerprint density at radius 1 is 1.32 bits per heavy atom. The number of amides is 1. The lowest BCUT2D eigenvalue weighted by atomic mass is 10.1. The quantitative estimate of drug-likeness (QED) is 0.804. The molecule has 0 radical (unpaired) electrons. The maximum atomic E-state index is 12.0. The van der Waals surface area contributed by atoms with E-state index in [2.05, 4.69) is 5.32 Å². The Morgan fingerprint density at radius 2 is 1.95 bits per heavy atom. The first-order valence-electron chi connectivity index (χ1n) is 5.94. The van der Waals surface area contributed by atoms with Crippen molar-refractivity contribution in [3.63, 3.8) is 0 Å². The van der Waals surface area contributed by atoms with Crippen LogP contribution in [0.3, 0.4) is 0 Å².